The molecule has 0 spiro atoms. The Morgan fingerprint density at radius 3 is 2.52 bits per heavy atom. The average Bonchev–Trinajstić information content (AvgIpc) is 2.53. The molecule has 2 rings (SSSR count). The minimum Gasteiger partial charge on any atom is -0.360 e. The van der Waals surface area contributed by atoms with Gasteiger partial charge < -0.3 is 4.90 Å². The molecule has 1 aromatic heterocycles. The second-order valence-electron chi connectivity index (χ2n) is 5.55. The zero-order valence-corrected chi connectivity index (χ0v) is 14.6. The van der Waals surface area contributed by atoms with Crippen molar-refractivity contribution >= 4 is 21.5 Å². The van der Waals surface area contributed by atoms with Crippen LogP contribution in [0.15, 0.2) is 47.5 Å². The maximum atomic E-state index is 12.4. The summed E-state index contributed by atoms with van der Waals surface area (Å²) in [5.41, 5.74) is 1.17. The van der Waals surface area contributed by atoms with Gasteiger partial charge in [-0.25, -0.2) is 13.4 Å². The van der Waals surface area contributed by atoms with Gasteiger partial charge in [0, 0.05) is 13.6 Å². The fraction of sp³-hybridized carbons (Fsp3) is 0.353. The van der Waals surface area contributed by atoms with Crippen molar-refractivity contribution in [1.29, 1.82) is 0 Å². The summed E-state index contributed by atoms with van der Waals surface area (Å²) in [7, 11) is -1.61. The van der Waals surface area contributed by atoms with E-state index in [9.17, 15) is 8.42 Å². The first-order valence-electron chi connectivity index (χ1n) is 7.69. The van der Waals surface area contributed by atoms with Crippen LogP contribution in [0, 0.1) is 6.92 Å². The number of nitrogens with zero attached hydrogens (tertiary/aromatic N) is 2. The Morgan fingerprint density at radius 2 is 1.91 bits per heavy atom. The van der Waals surface area contributed by atoms with E-state index in [1.54, 1.807) is 37.4 Å². The lowest BCUT2D eigenvalue weighted by molar-refractivity contribution is 0.600. The van der Waals surface area contributed by atoms with E-state index in [1.807, 2.05) is 19.2 Å². The third kappa shape index (κ3) is 4.45. The molecule has 6 heteroatoms. The number of benzene rings is 1. The molecule has 1 heterocycles. The number of anilines is 2. The fourth-order valence-corrected chi connectivity index (χ4v) is 3.54. The molecule has 0 aliphatic heterocycles. The summed E-state index contributed by atoms with van der Waals surface area (Å²) >= 11 is 0. The zero-order chi connectivity index (χ0) is 16.9. The minimum absolute atomic E-state index is 0.282. The van der Waals surface area contributed by atoms with Crippen LogP contribution >= 0.6 is 0 Å². The average molecular weight is 333 g/mol. The van der Waals surface area contributed by atoms with Crippen molar-refractivity contribution in [2.75, 3.05) is 23.2 Å². The predicted octanol–water partition coefficient (Wildman–Crippen LogP) is 3.43. The molecule has 0 aliphatic rings. The molecule has 0 unspecified atom stereocenters. The minimum atomic E-state index is -3.59. The topological polar surface area (TPSA) is 62.3 Å². The van der Waals surface area contributed by atoms with Crippen LogP contribution in [0.3, 0.4) is 0 Å². The monoisotopic (exact) mass is 333 g/mol. The van der Waals surface area contributed by atoms with Crippen molar-refractivity contribution in [3.8, 4) is 0 Å². The van der Waals surface area contributed by atoms with Crippen LogP contribution in [-0.4, -0.2) is 27.0 Å². The Bertz CT molecular complexity index is 743. The molecular formula is C17H23N3O2S. The molecule has 5 nitrogen and oxygen atoms in total. The van der Waals surface area contributed by atoms with E-state index in [2.05, 4.69) is 21.5 Å². The number of rotatable bonds is 7. The van der Waals surface area contributed by atoms with Gasteiger partial charge in [-0.05, 0) is 37.1 Å². The second kappa shape index (κ2) is 7.46. The van der Waals surface area contributed by atoms with Crippen LogP contribution in [-0.2, 0) is 10.0 Å². The van der Waals surface area contributed by atoms with Crippen molar-refractivity contribution in [3.63, 3.8) is 0 Å². The van der Waals surface area contributed by atoms with Gasteiger partial charge in [-0.1, -0.05) is 31.5 Å². The number of nitrogens with one attached hydrogen (secondary N) is 1. The van der Waals surface area contributed by atoms with Crippen molar-refractivity contribution in [2.24, 2.45) is 0 Å². The lowest BCUT2D eigenvalue weighted by Gasteiger charge is -2.18. The number of aromatic nitrogens is 1. The highest BCUT2D eigenvalue weighted by Crippen LogP contribution is 2.20. The standard InChI is InChI=1S/C17H23N3O2S/c1-4-5-12-20(3)17-11-10-15(13-18-17)19-23(21,22)16-9-7-6-8-14(16)2/h6-11,13,19H,4-5,12H2,1-3H3. The summed E-state index contributed by atoms with van der Waals surface area (Å²) in [4.78, 5) is 6.67. The SMILES string of the molecule is CCCCN(C)c1ccc(NS(=O)(=O)c2ccccc2C)cn1. The van der Waals surface area contributed by atoms with Gasteiger partial charge in [0.15, 0.2) is 0 Å². The Morgan fingerprint density at radius 1 is 1.17 bits per heavy atom. The molecule has 0 saturated heterocycles. The summed E-state index contributed by atoms with van der Waals surface area (Å²) in [5, 5.41) is 0. The number of pyridine rings is 1. The fourth-order valence-electron chi connectivity index (χ4n) is 2.25. The molecule has 1 N–H and O–H groups in total. The third-order valence-corrected chi connectivity index (χ3v) is 5.16. The Balaban J connectivity index is 2.13. The normalized spacial score (nSPS) is 11.3. The third-order valence-electron chi connectivity index (χ3n) is 3.62. The molecular weight excluding hydrogens is 310 g/mol. The molecule has 0 bridgehead atoms. The van der Waals surface area contributed by atoms with E-state index in [4.69, 9.17) is 0 Å². The quantitative estimate of drug-likeness (QED) is 0.843. The van der Waals surface area contributed by atoms with Gasteiger partial charge in [0.2, 0.25) is 0 Å². The molecule has 0 fully saturated rings. The molecule has 0 amide bonds. The highest BCUT2D eigenvalue weighted by atomic mass is 32.2. The largest absolute Gasteiger partial charge is 0.360 e. The molecule has 0 aliphatic carbocycles. The van der Waals surface area contributed by atoms with E-state index in [1.165, 1.54) is 0 Å². The molecule has 1 aromatic carbocycles. The molecule has 2 aromatic rings. The molecule has 23 heavy (non-hydrogen) atoms. The van der Waals surface area contributed by atoms with E-state index in [0.29, 0.717) is 11.3 Å². The van der Waals surface area contributed by atoms with Gasteiger partial charge >= 0.3 is 0 Å². The lowest BCUT2D eigenvalue weighted by atomic mass is 10.2. The Kier molecular flexibility index (Phi) is 5.60. The molecule has 0 atom stereocenters. The molecule has 0 radical (unpaired) electrons. The summed E-state index contributed by atoms with van der Waals surface area (Å²) in [6.45, 7) is 4.85. The van der Waals surface area contributed by atoms with Crippen molar-refractivity contribution in [1.82, 2.24) is 4.98 Å². The number of unbranched alkanes of at least 4 members (excludes halogenated alkanes) is 1. The van der Waals surface area contributed by atoms with Gasteiger partial charge in [0.05, 0.1) is 16.8 Å². The Labute approximate surface area is 138 Å². The van der Waals surface area contributed by atoms with Gasteiger partial charge in [0.1, 0.15) is 5.82 Å². The summed E-state index contributed by atoms with van der Waals surface area (Å²) in [6, 6.07) is 10.5. The maximum absolute atomic E-state index is 12.4. The van der Waals surface area contributed by atoms with E-state index < -0.39 is 10.0 Å². The van der Waals surface area contributed by atoms with Gasteiger partial charge in [-0.15, -0.1) is 0 Å². The molecule has 124 valence electrons. The van der Waals surface area contributed by atoms with Crippen LogP contribution in [0.2, 0.25) is 0 Å². The van der Waals surface area contributed by atoms with Crippen molar-refractivity contribution < 1.29 is 8.42 Å². The number of hydrogen-bond donors (Lipinski definition) is 1. The maximum Gasteiger partial charge on any atom is 0.262 e. The van der Waals surface area contributed by atoms with E-state index in [-0.39, 0.29) is 4.90 Å². The smallest absolute Gasteiger partial charge is 0.262 e. The lowest BCUT2D eigenvalue weighted by Crippen LogP contribution is -2.19. The summed E-state index contributed by atoms with van der Waals surface area (Å²) in [5.74, 6) is 0.831. The van der Waals surface area contributed by atoms with Gasteiger partial charge in [-0.2, -0.15) is 0 Å². The van der Waals surface area contributed by atoms with Crippen LogP contribution in [0.4, 0.5) is 11.5 Å². The van der Waals surface area contributed by atoms with Crippen LogP contribution in [0.1, 0.15) is 25.3 Å². The first-order chi connectivity index (χ1) is 10.9. The number of hydrogen-bond acceptors (Lipinski definition) is 4. The predicted molar refractivity (Wildman–Crippen MR) is 94.4 cm³/mol. The first kappa shape index (κ1) is 17.3. The van der Waals surface area contributed by atoms with E-state index in [0.717, 1.165) is 25.2 Å². The summed E-state index contributed by atoms with van der Waals surface area (Å²) < 4.78 is 27.4. The number of sulfonamides is 1. The second-order valence-corrected chi connectivity index (χ2v) is 7.20. The van der Waals surface area contributed by atoms with Crippen LogP contribution in [0.5, 0.6) is 0 Å². The number of aryl methyl sites for hydroxylation is 1. The van der Waals surface area contributed by atoms with Crippen LogP contribution < -0.4 is 9.62 Å². The van der Waals surface area contributed by atoms with Crippen LogP contribution in [0.25, 0.3) is 0 Å². The highest BCUT2D eigenvalue weighted by Gasteiger charge is 2.16. The highest BCUT2D eigenvalue weighted by molar-refractivity contribution is 7.92. The summed E-state index contributed by atoms with van der Waals surface area (Å²) in [6.07, 6.45) is 3.77. The van der Waals surface area contributed by atoms with Crippen molar-refractivity contribution in [3.05, 3.63) is 48.2 Å². The van der Waals surface area contributed by atoms with Gasteiger partial charge in [-0.3, -0.25) is 4.72 Å². The Hall–Kier alpha value is -2.08. The van der Waals surface area contributed by atoms with E-state index >= 15 is 0 Å². The van der Waals surface area contributed by atoms with Gasteiger partial charge in [0.25, 0.3) is 10.0 Å². The zero-order valence-electron chi connectivity index (χ0n) is 13.8. The van der Waals surface area contributed by atoms with Crippen molar-refractivity contribution in [2.45, 2.75) is 31.6 Å². The molecule has 0 saturated carbocycles. The first-order valence-corrected chi connectivity index (χ1v) is 9.18.